The molecule has 1 heterocycles. The normalized spacial score (nSPS) is 12.2. The van der Waals surface area contributed by atoms with Gasteiger partial charge in [-0.3, -0.25) is 4.98 Å². The van der Waals surface area contributed by atoms with Crippen molar-refractivity contribution in [3.05, 3.63) is 59.4 Å². The molecule has 0 fully saturated rings. The van der Waals surface area contributed by atoms with Crippen LogP contribution < -0.4 is 4.74 Å². The molecule has 2 aromatic rings. The first-order chi connectivity index (χ1) is 9.72. The number of aliphatic hydroxyl groups is 1. The Morgan fingerprint density at radius 1 is 1.20 bits per heavy atom. The number of para-hydroxylation sites is 1. The molecule has 0 saturated carbocycles. The summed E-state index contributed by atoms with van der Waals surface area (Å²) in [5, 5.41) is 10.5. The van der Waals surface area contributed by atoms with E-state index < -0.39 is 6.10 Å². The van der Waals surface area contributed by atoms with E-state index in [1.165, 1.54) is 0 Å². The van der Waals surface area contributed by atoms with Crippen molar-refractivity contribution in [2.24, 2.45) is 0 Å². The lowest BCUT2D eigenvalue weighted by atomic mass is 10.0. The molecule has 20 heavy (non-hydrogen) atoms. The number of benzene rings is 1. The number of aliphatic hydroxyl groups excluding tert-OH is 1. The summed E-state index contributed by atoms with van der Waals surface area (Å²) >= 11 is 0. The summed E-state index contributed by atoms with van der Waals surface area (Å²) in [4.78, 5) is 4.14. The lowest BCUT2D eigenvalue weighted by Crippen LogP contribution is -2.08. The second kappa shape index (κ2) is 7.03. The van der Waals surface area contributed by atoms with Gasteiger partial charge in [0.25, 0.3) is 0 Å². The number of rotatable bonds is 6. The molecule has 1 unspecified atom stereocenters. The van der Waals surface area contributed by atoms with E-state index in [0.29, 0.717) is 19.0 Å². The van der Waals surface area contributed by atoms with Crippen LogP contribution in [0.5, 0.6) is 5.75 Å². The fourth-order valence-corrected chi connectivity index (χ4v) is 1.99. The summed E-state index contributed by atoms with van der Waals surface area (Å²) in [6.07, 6.45) is 0.970. The van der Waals surface area contributed by atoms with Crippen molar-refractivity contribution in [3.63, 3.8) is 0 Å². The Balaban J connectivity index is 2.23. The van der Waals surface area contributed by atoms with Crippen LogP contribution in [0.25, 0.3) is 0 Å². The third-order valence-corrected chi connectivity index (χ3v) is 3.00. The Labute approximate surface area is 119 Å². The van der Waals surface area contributed by atoms with Crippen LogP contribution in [0.1, 0.15) is 22.9 Å². The molecule has 1 atom stereocenters. The van der Waals surface area contributed by atoms with Gasteiger partial charge in [-0.25, -0.2) is 0 Å². The minimum atomic E-state index is -0.726. The molecule has 0 aliphatic carbocycles. The highest BCUT2D eigenvalue weighted by Crippen LogP contribution is 2.29. The van der Waals surface area contributed by atoms with E-state index in [1.54, 1.807) is 13.3 Å². The number of pyridine rings is 1. The first-order valence-electron chi connectivity index (χ1n) is 6.53. The largest absolute Gasteiger partial charge is 0.491 e. The number of methoxy groups -OCH3 is 1. The average molecular weight is 273 g/mol. The minimum Gasteiger partial charge on any atom is -0.491 e. The molecule has 0 aliphatic rings. The first-order valence-corrected chi connectivity index (χ1v) is 6.53. The van der Waals surface area contributed by atoms with Gasteiger partial charge in [-0.05, 0) is 30.7 Å². The minimum absolute atomic E-state index is 0.454. The van der Waals surface area contributed by atoms with Crippen LogP contribution in [0.15, 0.2) is 42.6 Å². The molecule has 0 aliphatic heterocycles. The second-order valence-electron chi connectivity index (χ2n) is 4.51. The Kier molecular flexibility index (Phi) is 5.09. The van der Waals surface area contributed by atoms with Gasteiger partial charge in [-0.1, -0.05) is 18.2 Å². The Hall–Kier alpha value is -1.91. The van der Waals surface area contributed by atoms with E-state index in [9.17, 15) is 5.11 Å². The van der Waals surface area contributed by atoms with Crippen molar-refractivity contribution in [2.75, 3.05) is 20.3 Å². The zero-order valence-electron chi connectivity index (χ0n) is 11.7. The lowest BCUT2D eigenvalue weighted by molar-refractivity contribution is 0.142. The summed E-state index contributed by atoms with van der Waals surface area (Å²) in [7, 11) is 1.63. The van der Waals surface area contributed by atoms with Gasteiger partial charge < -0.3 is 14.6 Å². The van der Waals surface area contributed by atoms with Gasteiger partial charge in [0.05, 0.1) is 6.61 Å². The molecule has 4 heteroatoms. The molecular formula is C16H19NO3. The number of aromatic nitrogens is 1. The maximum absolute atomic E-state index is 10.5. The molecule has 0 spiro atoms. The van der Waals surface area contributed by atoms with E-state index >= 15 is 0 Å². The molecule has 1 aromatic carbocycles. The van der Waals surface area contributed by atoms with E-state index in [4.69, 9.17) is 9.47 Å². The number of ether oxygens (including phenoxy) is 2. The second-order valence-corrected chi connectivity index (χ2v) is 4.51. The maximum atomic E-state index is 10.5. The van der Waals surface area contributed by atoms with Gasteiger partial charge in [-0.15, -0.1) is 0 Å². The fourth-order valence-electron chi connectivity index (χ4n) is 1.99. The van der Waals surface area contributed by atoms with Crippen molar-refractivity contribution >= 4 is 0 Å². The third-order valence-electron chi connectivity index (χ3n) is 3.00. The molecule has 0 radical (unpaired) electrons. The Bertz CT molecular complexity index is 557. The summed E-state index contributed by atoms with van der Waals surface area (Å²) in [6, 6.07) is 11.2. The molecule has 2 rings (SSSR count). The van der Waals surface area contributed by atoms with Crippen LogP contribution in [-0.2, 0) is 4.74 Å². The van der Waals surface area contributed by atoms with Crippen LogP contribution in [0.3, 0.4) is 0 Å². The molecule has 1 aromatic heterocycles. The van der Waals surface area contributed by atoms with Crippen LogP contribution in [0.4, 0.5) is 0 Å². The van der Waals surface area contributed by atoms with Crippen molar-refractivity contribution in [2.45, 2.75) is 13.0 Å². The molecule has 1 N–H and O–H groups in total. The summed E-state index contributed by atoms with van der Waals surface area (Å²) in [5.74, 6) is 0.673. The summed E-state index contributed by atoms with van der Waals surface area (Å²) in [6.45, 7) is 2.87. The molecule has 0 saturated heterocycles. The molecular weight excluding hydrogens is 254 g/mol. The monoisotopic (exact) mass is 273 g/mol. The lowest BCUT2D eigenvalue weighted by Gasteiger charge is -2.16. The Morgan fingerprint density at radius 3 is 2.75 bits per heavy atom. The van der Waals surface area contributed by atoms with E-state index in [2.05, 4.69) is 4.98 Å². The van der Waals surface area contributed by atoms with Crippen LogP contribution in [-0.4, -0.2) is 30.4 Å². The smallest absolute Gasteiger partial charge is 0.125 e. The van der Waals surface area contributed by atoms with E-state index in [1.807, 2.05) is 43.3 Å². The molecule has 0 amide bonds. The predicted molar refractivity (Wildman–Crippen MR) is 76.8 cm³/mol. The van der Waals surface area contributed by atoms with Crippen molar-refractivity contribution in [3.8, 4) is 5.75 Å². The highest BCUT2D eigenvalue weighted by atomic mass is 16.5. The van der Waals surface area contributed by atoms with Crippen LogP contribution in [0, 0.1) is 6.92 Å². The quantitative estimate of drug-likeness (QED) is 0.822. The number of aryl methyl sites for hydroxylation is 1. The number of nitrogens with zero attached hydrogens (tertiary/aromatic N) is 1. The van der Waals surface area contributed by atoms with E-state index in [0.717, 1.165) is 16.8 Å². The molecule has 4 nitrogen and oxygen atoms in total. The fraction of sp³-hybridized carbons (Fsp3) is 0.312. The SMILES string of the molecule is COCCOc1ccccc1C(O)c1ccnc(C)c1. The van der Waals surface area contributed by atoms with Gasteiger partial charge >= 0.3 is 0 Å². The van der Waals surface area contributed by atoms with Crippen molar-refractivity contribution in [1.29, 1.82) is 0 Å². The van der Waals surface area contributed by atoms with Crippen molar-refractivity contribution in [1.82, 2.24) is 4.98 Å². The predicted octanol–water partition coefficient (Wildman–Crippen LogP) is 2.50. The summed E-state index contributed by atoms with van der Waals surface area (Å²) in [5.41, 5.74) is 2.42. The topological polar surface area (TPSA) is 51.6 Å². The Morgan fingerprint density at radius 2 is 2.00 bits per heavy atom. The third kappa shape index (κ3) is 3.56. The van der Waals surface area contributed by atoms with Gasteiger partial charge in [0.2, 0.25) is 0 Å². The summed E-state index contributed by atoms with van der Waals surface area (Å²) < 4.78 is 10.6. The zero-order chi connectivity index (χ0) is 14.4. The molecule has 106 valence electrons. The molecule has 0 bridgehead atoms. The number of hydrogen-bond donors (Lipinski definition) is 1. The number of hydrogen-bond acceptors (Lipinski definition) is 4. The first kappa shape index (κ1) is 14.5. The highest BCUT2D eigenvalue weighted by molar-refractivity contribution is 5.40. The van der Waals surface area contributed by atoms with Gasteiger partial charge in [-0.2, -0.15) is 0 Å². The average Bonchev–Trinajstić information content (AvgIpc) is 2.47. The highest BCUT2D eigenvalue weighted by Gasteiger charge is 2.15. The van der Waals surface area contributed by atoms with Gasteiger partial charge in [0.1, 0.15) is 18.5 Å². The van der Waals surface area contributed by atoms with Crippen LogP contribution in [0.2, 0.25) is 0 Å². The van der Waals surface area contributed by atoms with Crippen LogP contribution >= 0.6 is 0 Å². The maximum Gasteiger partial charge on any atom is 0.125 e. The van der Waals surface area contributed by atoms with Gasteiger partial charge in [0.15, 0.2) is 0 Å². The van der Waals surface area contributed by atoms with E-state index in [-0.39, 0.29) is 0 Å². The standard InChI is InChI=1S/C16H19NO3/c1-12-11-13(7-8-17-12)16(18)14-5-3-4-6-15(14)20-10-9-19-2/h3-8,11,16,18H,9-10H2,1-2H3. The zero-order valence-corrected chi connectivity index (χ0v) is 11.7. The van der Waals surface area contributed by atoms with Crippen molar-refractivity contribution < 1.29 is 14.6 Å². The van der Waals surface area contributed by atoms with Gasteiger partial charge in [0, 0.05) is 24.6 Å².